The number of nitrogens with zero attached hydrogens (tertiary/aromatic N) is 4. The summed E-state index contributed by atoms with van der Waals surface area (Å²) in [6.45, 7) is 0. The Bertz CT molecular complexity index is 1130. The lowest BCUT2D eigenvalue weighted by atomic mass is 10.1. The number of nitrogen functional groups attached to an aromatic ring is 1. The lowest BCUT2D eigenvalue weighted by Gasteiger charge is -2.05. The summed E-state index contributed by atoms with van der Waals surface area (Å²) in [6.07, 6.45) is 3.19. The second-order valence-corrected chi connectivity index (χ2v) is 7.13. The van der Waals surface area contributed by atoms with Gasteiger partial charge in [-0.15, -0.1) is 10.2 Å². The average Bonchev–Trinajstić information content (AvgIpc) is 3.19. The third-order valence-electron chi connectivity index (χ3n) is 3.91. The molecular weight excluding hydrogens is 362 g/mol. The number of hydrogen-bond acceptors (Lipinski definition) is 7. The van der Waals surface area contributed by atoms with Crippen molar-refractivity contribution < 1.29 is 8.63 Å². The smallest absolute Gasteiger partial charge is 0.270 e. The van der Waals surface area contributed by atoms with Crippen LogP contribution in [0.25, 0.3) is 34.3 Å². The van der Waals surface area contributed by atoms with Gasteiger partial charge in [-0.05, 0) is 24.3 Å². The van der Waals surface area contributed by atoms with Crippen LogP contribution in [0.2, 0.25) is 0 Å². The van der Waals surface area contributed by atoms with Crippen molar-refractivity contribution in [1.29, 1.82) is 0 Å². The zero-order valence-electron chi connectivity index (χ0n) is 14.4. The van der Waals surface area contributed by atoms with E-state index in [1.165, 1.54) is 0 Å². The fraction of sp³-hybridized carbons (Fsp3) is 0.0526. The van der Waals surface area contributed by atoms with Crippen LogP contribution in [-0.2, 0) is 10.8 Å². The Hall–Kier alpha value is -3.39. The predicted octanol–water partition coefficient (Wildman–Crippen LogP) is 3.18. The van der Waals surface area contributed by atoms with Gasteiger partial charge in [-0.1, -0.05) is 30.3 Å². The van der Waals surface area contributed by atoms with Crippen LogP contribution in [0.4, 0.5) is 5.82 Å². The number of aromatic nitrogens is 4. The fourth-order valence-corrected chi connectivity index (χ4v) is 3.11. The zero-order chi connectivity index (χ0) is 18.8. The normalized spacial score (nSPS) is 12.0. The van der Waals surface area contributed by atoms with Gasteiger partial charge in [0.15, 0.2) is 11.5 Å². The maximum atomic E-state index is 11.7. The largest absolute Gasteiger partial charge is 0.414 e. The monoisotopic (exact) mass is 377 g/mol. The molecule has 7 nitrogen and oxygen atoms in total. The van der Waals surface area contributed by atoms with Crippen molar-refractivity contribution in [1.82, 2.24) is 20.2 Å². The van der Waals surface area contributed by atoms with Gasteiger partial charge < -0.3 is 10.2 Å². The molecule has 1 unspecified atom stereocenters. The van der Waals surface area contributed by atoms with Crippen molar-refractivity contribution in [2.75, 3.05) is 12.0 Å². The van der Waals surface area contributed by atoms with E-state index in [9.17, 15) is 4.21 Å². The quantitative estimate of drug-likeness (QED) is 0.582. The number of benzene rings is 2. The Balaban J connectivity index is 1.75. The van der Waals surface area contributed by atoms with Gasteiger partial charge in [-0.25, -0.2) is 9.97 Å². The molecule has 2 heterocycles. The van der Waals surface area contributed by atoms with Crippen molar-refractivity contribution in [2.45, 2.75) is 4.90 Å². The van der Waals surface area contributed by atoms with Gasteiger partial charge in [0.1, 0.15) is 0 Å². The standard InChI is InChI=1S/C19H15N5O2S/c1-27(25)14-9-5-8-13(10-14)15-11-21-17(20)16(22-15)19-24-23-18(26-19)12-6-3-2-4-7-12/h2-11H,1H3,(H2,20,21). The SMILES string of the molecule is CS(=O)c1cccc(-c2cnc(N)c(-c3nnc(-c4ccccc4)o3)n2)c1. The van der Waals surface area contributed by atoms with Gasteiger partial charge in [-0.2, -0.15) is 0 Å². The van der Waals surface area contributed by atoms with Crippen LogP contribution in [0, 0.1) is 0 Å². The van der Waals surface area contributed by atoms with Crippen LogP contribution in [0.15, 0.2) is 70.1 Å². The van der Waals surface area contributed by atoms with Crippen LogP contribution >= 0.6 is 0 Å². The van der Waals surface area contributed by atoms with E-state index in [1.807, 2.05) is 48.5 Å². The average molecular weight is 377 g/mol. The van der Waals surface area contributed by atoms with E-state index in [4.69, 9.17) is 10.2 Å². The van der Waals surface area contributed by atoms with E-state index in [2.05, 4.69) is 20.2 Å². The highest BCUT2D eigenvalue weighted by atomic mass is 32.2. The molecule has 0 saturated carbocycles. The third kappa shape index (κ3) is 3.47. The minimum atomic E-state index is -1.09. The molecule has 8 heteroatoms. The topological polar surface area (TPSA) is 108 Å². The molecule has 0 radical (unpaired) electrons. The van der Waals surface area contributed by atoms with E-state index < -0.39 is 10.8 Å². The molecule has 0 aliphatic rings. The third-order valence-corrected chi connectivity index (χ3v) is 4.83. The maximum Gasteiger partial charge on any atom is 0.270 e. The first-order valence-corrected chi connectivity index (χ1v) is 9.63. The molecule has 0 aliphatic heterocycles. The van der Waals surface area contributed by atoms with Crippen molar-refractivity contribution in [3.05, 3.63) is 60.8 Å². The Labute approximate surface area is 157 Å². The summed E-state index contributed by atoms with van der Waals surface area (Å²) in [5, 5.41) is 8.12. The van der Waals surface area contributed by atoms with Gasteiger partial charge in [0.25, 0.3) is 5.89 Å². The lowest BCUT2D eigenvalue weighted by molar-refractivity contribution is 0.582. The Morgan fingerprint density at radius 1 is 0.963 bits per heavy atom. The van der Waals surface area contributed by atoms with Crippen LogP contribution in [0.3, 0.4) is 0 Å². The first kappa shape index (κ1) is 17.0. The van der Waals surface area contributed by atoms with Gasteiger partial charge >= 0.3 is 0 Å². The first-order valence-electron chi connectivity index (χ1n) is 8.07. The van der Waals surface area contributed by atoms with E-state index in [1.54, 1.807) is 18.5 Å². The predicted molar refractivity (Wildman–Crippen MR) is 103 cm³/mol. The molecule has 134 valence electrons. The highest BCUT2D eigenvalue weighted by molar-refractivity contribution is 7.84. The summed E-state index contributed by atoms with van der Waals surface area (Å²) in [5.41, 5.74) is 8.44. The summed E-state index contributed by atoms with van der Waals surface area (Å²) in [4.78, 5) is 9.44. The second-order valence-electron chi connectivity index (χ2n) is 5.75. The molecule has 2 aromatic carbocycles. The molecule has 1 atom stereocenters. The molecule has 0 amide bonds. The van der Waals surface area contributed by atoms with Crippen molar-refractivity contribution in [3.63, 3.8) is 0 Å². The number of hydrogen-bond donors (Lipinski definition) is 1. The van der Waals surface area contributed by atoms with Gasteiger partial charge in [0.2, 0.25) is 5.89 Å². The van der Waals surface area contributed by atoms with E-state index in [0.717, 1.165) is 11.1 Å². The van der Waals surface area contributed by atoms with Gasteiger partial charge in [0.05, 0.1) is 11.9 Å². The molecule has 4 aromatic rings. The second kappa shape index (κ2) is 7.08. The van der Waals surface area contributed by atoms with Gasteiger partial charge in [0, 0.05) is 33.1 Å². The van der Waals surface area contributed by atoms with Crippen LogP contribution in [0.5, 0.6) is 0 Å². The number of rotatable bonds is 4. The minimum absolute atomic E-state index is 0.191. The highest BCUT2D eigenvalue weighted by Gasteiger charge is 2.17. The van der Waals surface area contributed by atoms with Crippen molar-refractivity contribution in [2.24, 2.45) is 0 Å². The number of anilines is 1. The van der Waals surface area contributed by atoms with Crippen LogP contribution in [-0.4, -0.2) is 30.6 Å². The minimum Gasteiger partial charge on any atom is -0.414 e. The Morgan fingerprint density at radius 2 is 1.70 bits per heavy atom. The molecule has 0 spiro atoms. The maximum absolute atomic E-state index is 11.7. The molecule has 2 N–H and O–H groups in total. The van der Waals surface area contributed by atoms with Crippen molar-refractivity contribution >= 4 is 16.6 Å². The molecule has 4 rings (SSSR count). The molecule has 2 aromatic heterocycles. The summed E-state index contributed by atoms with van der Waals surface area (Å²) in [7, 11) is -1.09. The van der Waals surface area contributed by atoms with E-state index in [-0.39, 0.29) is 11.7 Å². The van der Waals surface area contributed by atoms with Crippen LogP contribution < -0.4 is 5.73 Å². The molecule has 0 aliphatic carbocycles. The molecular formula is C19H15N5O2S. The molecule has 27 heavy (non-hydrogen) atoms. The van der Waals surface area contributed by atoms with Crippen LogP contribution in [0.1, 0.15) is 0 Å². The van der Waals surface area contributed by atoms with Gasteiger partial charge in [-0.3, -0.25) is 4.21 Å². The summed E-state index contributed by atoms with van der Waals surface area (Å²) >= 11 is 0. The summed E-state index contributed by atoms with van der Waals surface area (Å²) in [5.74, 6) is 0.758. The van der Waals surface area contributed by atoms with E-state index >= 15 is 0 Å². The fourth-order valence-electron chi connectivity index (χ4n) is 2.55. The molecule has 0 fully saturated rings. The Morgan fingerprint density at radius 3 is 2.48 bits per heavy atom. The van der Waals surface area contributed by atoms with Crippen molar-refractivity contribution in [3.8, 4) is 34.3 Å². The highest BCUT2D eigenvalue weighted by Crippen LogP contribution is 2.28. The molecule has 0 saturated heterocycles. The Kier molecular flexibility index (Phi) is 4.47. The lowest BCUT2D eigenvalue weighted by Crippen LogP contribution is -1.99. The summed E-state index contributed by atoms with van der Waals surface area (Å²) < 4.78 is 17.5. The molecule has 0 bridgehead atoms. The zero-order valence-corrected chi connectivity index (χ0v) is 15.2. The summed E-state index contributed by atoms with van der Waals surface area (Å²) in [6, 6.07) is 16.7. The first-order chi connectivity index (χ1) is 13.1. The van der Waals surface area contributed by atoms with E-state index in [0.29, 0.717) is 22.2 Å². The number of nitrogens with two attached hydrogens (primary N) is 1.